The Morgan fingerprint density at radius 1 is 1.44 bits per heavy atom. The summed E-state index contributed by atoms with van der Waals surface area (Å²) in [7, 11) is 0. The summed E-state index contributed by atoms with van der Waals surface area (Å²) in [5, 5.41) is 11.4. The Bertz CT molecular complexity index is 337. The van der Waals surface area contributed by atoms with E-state index in [1.807, 2.05) is 0 Å². The highest BCUT2D eigenvalue weighted by atomic mass is 32.2. The van der Waals surface area contributed by atoms with Gasteiger partial charge in [0.05, 0.1) is 11.1 Å². The minimum atomic E-state index is -1.03. The maximum absolute atomic E-state index is 11.7. The number of carbonyl (C=O) groups is 2. The second-order valence-corrected chi connectivity index (χ2v) is 5.02. The lowest BCUT2D eigenvalue weighted by molar-refractivity contribution is -0.131. The third-order valence-corrected chi connectivity index (χ3v) is 3.90. The Labute approximate surface area is 97.9 Å². The molecule has 2 heterocycles. The lowest BCUT2D eigenvalue weighted by atomic mass is 10.1. The smallest absolute Gasteiger partial charge is 0.330 e. The molecule has 0 bridgehead atoms. The van der Waals surface area contributed by atoms with E-state index in [9.17, 15) is 9.59 Å². The molecule has 2 aliphatic heterocycles. The lowest BCUT2D eigenvalue weighted by Gasteiger charge is -2.29. The van der Waals surface area contributed by atoms with Gasteiger partial charge >= 0.3 is 5.97 Å². The average molecular weight is 242 g/mol. The van der Waals surface area contributed by atoms with Crippen molar-refractivity contribution in [3.63, 3.8) is 0 Å². The second-order valence-electron chi connectivity index (χ2n) is 3.90. The van der Waals surface area contributed by atoms with Crippen molar-refractivity contribution in [3.05, 3.63) is 11.1 Å². The molecule has 0 aromatic heterocycles. The van der Waals surface area contributed by atoms with Crippen LogP contribution in [-0.4, -0.2) is 40.3 Å². The number of piperidine rings is 1. The molecule has 1 amide bonds. The van der Waals surface area contributed by atoms with E-state index in [1.54, 1.807) is 0 Å². The number of thioether (sulfide) groups is 1. The van der Waals surface area contributed by atoms with Gasteiger partial charge in [0.2, 0.25) is 0 Å². The van der Waals surface area contributed by atoms with Crippen LogP contribution in [-0.2, 0) is 9.59 Å². The van der Waals surface area contributed by atoms with Crippen molar-refractivity contribution in [2.24, 2.45) is 0 Å². The molecule has 0 radical (unpaired) electrons. The van der Waals surface area contributed by atoms with Gasteiger partial charge in [0.15, 0.2) is 0 Å². The Balaban J connectivity index is 2.01. The molecule has 88 valence electrons. The molecule has 0 saturated carbocycles. The number of hydrogen-bond donors (Lipinski definition) is 2. The zero-order valence-corrected chi connectivity index (χ0v) is 9.63. The van der Waals surface area contributed by atoms with E-state index in [1.165, 1.54) is 18.2 Å². The highest BCUT2D eigenvalue weighted by molar-refractivity contribution is 8.04. The van der Waals surface area contributed by atoms with Crippen LogP contribution >= 0.6 is 11.8 Å². The fraction of sp³-hybridized carbons (Fsp3) is 0.600. The fourth-order valence-electron chi connectivity index (χ4n) is 1.96. The van der Waals surface area contributed by atoms with Gasteiger partial charge in [-0.2, -0.15) is 0 Å². The maximum atomic E-state index is 11.7. The molecule has 16 heavy (non-hydrogen) atoms. The summed E-state index contributed by atoms with van der Waals surface area (Å²) in [4.78, 5) is 24.3. The number of carboxylic acid groups (broad SMARTS) is 1. The molecule has 0 aromatic rings. The molecular formula is C10H14N2O3S. The van der Waals surface area contributed by atoms with Gasteiger partial charge < -0.3 is 10.4 Å². The normalized spacial score (nSPS) is 29.4. The van der Waals surface area contributed by atoms with Crippen LogP contribution in [0.5, 0.6) is 0 Å². The predicted molar refractivity (Wildman–Crippen MR) is 60.7 cm³/mol. The molecule has 2 aliphatic rings. The number of amides is 1. The Hall–Kier alpha value is -1.01. The first-order chi connectivity index (χ1) is 7.66. The summed E-state index contributed by atoms with van der Waals surface area (Å²) in [5.74, 6) is -1.12. The van der Waals surface area contributed by atoms with E-state index in [0.29, 0.717) is 5.03 Å². The van der Waals surface area contributed by atoms with Crippen LogP contribution in [0, 0.1) is 0 Å². The third kappa shape index (κ3) is 2.56. The van der Waals surface area contributed by atoms with Crippen molar-refractivity contribution in [2.45, 2.75) is 24.6 Å². The zero-order valence-electron chi connectivity index (χ0n) is 8.81. The Kier molecular flexibility index (Phi) is 3.50. The van der Waals surface area contributed by atoms with E-state index in [2.05, 4.69) is 10.2 Å². The summed E-state index contributed by atoms with van der Waals surface area (Å²) < 4.78 is 0. The van der Waals surface area contributed by atoms with Crippen LogP contribution in [0.25, 0.3) is 0 Å². The highest BCUT2D eigenvalue weighted by Gasteiger charge is 2.34. The molecule has 2 N–H and O–H groups in total. The van der Waals surface area contributed by atoms with Gasteiger partial charge in [0.25, 0.3) is 5.91 Å². The van der Waals surface area contributed by atoms with Crippen molar-refractivity contribution in [2.75, 3.05) is 13.1 Å². The van der Waals surface area contributed by atoms with Gasteiger partial charge in [-0.25, -0.2) is 4.79 Å². The molecule has 1 unspecified atom stereocenters. The number of rotatable bonds is 2. The summed E-state index contributed by atoms with van der Waals surface area (Å²) >= 11 is 1.30. The molecule has 2 rings (SSSR count). The monoisotopic (exact) mass is 242 g/mol. The minimum Gasteiger partial charge on any atom is -0.478 e. The number of carboxylic acids is 1. The van der Waals surface area contributed by atoms with Crippen molar-refractivity contribution >= 4 is 23.6 Å². The molecule has 0 aromatic carbocycles. The van der Waals surface area contributed by atoms with Crippen LogP contribution in [0.2, 0.25) is 0 Å². The summed E-state index contributed by atoms with van der Waals surface area (Å²) in [6.45, 7) is 1.84. The average Bonchev–Trinajstić information content (AvgIpc) is 2.60. The molecule has 2 fully saturated rings. The third-order valence-electron chi connectivity index (χ3n) is 2.69. The highest BCUT2D eigenvalue weighted by Crippen LogP contribution is 2.30. The predicted octanol–water partition coefficient (Wildman–Crippen LogP) is 0.587. The van der Waals surface area contributed by atoms with Crippen LogP contribution < -0.4 is 5.32 Å². The van der Waals surface area contributed by atoms with Crippen LogP contribution in [0.4, 0.5) is 0 Å². The molecule has 6 heteroatoms. The number of nitrogens with zero attached hydrogens (tertiary/aromatic N) is 1. The number of carbonyl (C=O) groups excluding carboxylic acids is 1. The number of hydrogen-bond acceptors (Lipinski definition) is 4. The van der Waals surface area contributed by atoms with Crippen LogP contribution in [0.3, 0.4) is 0 Å². The first-order valence-electron chi connectivity index (χ1n) is 5.33. The minimum absolute atomic E-state index is 0.0978. The van der Waals surface area contributed by atoms with E-state index < -0.39 is 5.97 Å². The van der Waals surface area contributed by atoms with Gasteiger partial charge in [0, 0.05) is 0 Å². The number of aliphatic carboxylic acids is 1. The standard InChI is InChI=1S/C10H14N2O3S/c13-8(14)6-7-11-9(15)10(16-7)12-4-2-1-3-5-12/h6,10H,1-5H2,(H,11,15)(H,13,14)/b7-6-. The van der Waals surface area contributed by atoms with Crippen molar-refractivity contribution in [1.82, 2.24) is 10.2 Å². The summed E-state index contributed by atoms with van der Waals surface area (Å²) in [5.41, 5.74) is 0. The van der Waals surface area contributed by atoms with E-state index in [4.69, 9.17) is 5.11 Å². The van der Waals surface area contributed by atoms with E-state index >= 15 is 0 Å². The summed E-state index contributed by atoms with van der Waals surface area (Å²) in [6.07, 6.45) is 4.49. The van der Waals surface area contributed by atoms with E-state index in [0.717, 1.165) is 32.0 Å². The summed E-state index contributed by atoms with van der Waals surface area (Å²) in [6, 6.07) is 0. The molecular weight excluding hydrogens is 228 g/mol. The van der Waals surface area contributed by atoms with Crippen LogP contribution in [0.15, 0.2) is 11.1 Å². The molecule has 0 aliphatic carbocycles. The van der Waals surface area contributed by atoms with Gasteiger partial charge in [-0.1, -0.05) is 18.2 Å². The molecule has 2 saturated heterocycles. The lowest BCUT2D eigenvalue weighted by Crippen LogP contribution is -2.42. The van der Waals surface area contributed by atoms with E-state index in [-0.39, 0.29) is 11.3 Å². The van der Waals surface area contributed by atoms with Gasteiger partial charge in [-0.3, -0.25) is 9.69 Å². The largest absolute Gasteiger partial charge is 0.478 e. The quantitative estimate of drug-likeness (QED) is 0.693. The van der Waals surface area contributed by atoms with Gasteiger partial charge in [-0.05, 0) is 25.9 Å². The number of likely N-dealkylation sites (tertiary alicyclic amines) is 1. The Morgan fingerprint density at radius 3 is 2.75 bits per heavy atom. The first-order valence-corrected chi connectivity index (χ1v) is 6.21. The van der Waals surface area contributed by atoms with Crippen LogP contribution in [0.1, 0.15) is 19.3 Å². The fourth-order valence-corrected chi connectivity index (χ4v) is 3.06. The zero-order chi connectivity index (χ0) is 11.5. The number of nitrogens with one attached hydrogen (secondary N) is 1. The topological polar surface area (TPSA) is 69.6 Å². The second kappa shape index (κ2) is 4.88. The maximum Gasteiger partial charge on any atom is 0.330 e. The first kappa shape index (κ1) is 11.5. The van der Waals surface area contributed by atoms with Crippen molar-refractivity contribution in [3.8, 4) is 0 Å². The van der Waals surface area contributed by atoms with Crippen molar-refractivity contribution in [1.29, 1.82) is 0 Å². The Morgan fingerprint density at radius 2 is 2.12 bits per heavy atom. The van der Waals surface area contributed by atoms with Gasteiger partial charge in [0.1, 0.15) is 5.37 Å². The molecule has 1 atom stereocenters. The van der Waals surface area contributed by atoms with Crippen molar-refractivity contribution < 1.29 is 14.7 Å². The van der Waals surface area contributed by atoms with Gasteiger partial charge in [-0.15, -0.1) is 0 Å². The molecule has 0 spiro atoms. The SMILES string of the molecule is O=C(O)/C=C1/NC(=O)C(N2CCCCC2)S1. The molecule has 5 nitrogen and oxygen atoms in total.